The molecule has 0 saturated heterocycles. The van der Waals surface area contributed by atoms with E-state index in [0.717, 1.165) is 0 Å². The lowest BCUT2D eigenvalue weighted by Gasteiger charge is -2.07. The Labute approximate surface area is 65.2 Å². The first-order valence-corrected chi connectivity index (χ1v) is 3.33. The fraction of sp³-hybridized carbons (Fsp3) is 0.667. The van der Waals surface area contributed by atoms with Crippen molar-refractivity contribution in [2.75, 3.05) is 6.61 Å². The second-order valence-corrected chi connectivity index (χ2v) is 2.07. The van der Waals surface area contributed by atoms with Gasteiger partial charge >= 0.3 is 5.97 Å². The Morgan fingerprint density at radius 3 is 2.64 bits per heavy atom. The van der Waals surface area contributed by atoms with E-state index in [-0.39, 0.29) is 12.3 Å². The van der Waals surface area contributed by atoms with Gasteiger partial charge in [0.1, 0.15) is 5.84 Å². The lowest BCUT2D eigenvalue weighted by molar-refractivity contribution is -0.143. The van der Waals surface area contributed by atoms with Gasteiger partial charge in [-0.2, -0.15) is 0 Å². The van der Waals surface area contributed by atoms with Crippen LogP contribution < -0.4 is 11.5 Å². The molecule has 0 bridgehead atoms. The van der Waals surface area contributed by atoms with Crippen molar-refractivity contribution in [3.8, 4) is 0 Å². The molecule has 5 N–H and O–H groups in total. The maximum absolute atomic E-state index is 10.7. The first kappa shape index (κ1) is 9.90. The van der Waals surface area contributed by atoms with Crippen LogP contribution in [0, 0.1) is 5.41 Å². The summed E-state index contributed by atoms with van der Waals surface area (Å²) in [6.07, 6.45) is -0.0246. The van der Waals surface area contributed by atoms with Gasteiger partial charge in [0.2, 0.25) is 0 Å². The van der Waals surface area contributed by atoms with Gasteiger partial charge in [0.25, 0.3) is 0 Å². The second-order valence-electron chi connectivity index (χ2n) is 2.07. The van der Waals surface area contributed by atoms with Gasteiger partial charge in [0.15, 0.2) is 0 Å². The molecule has 5 heteroatoms. The van der Waals surface area contributed by atoms with E-state index in [1.54, 1.807) is 6.92 Å². The molecule has 0 aliphatic carbocycles. The smallest absolute Gasteiger partial charge is 0.307 e. The zero-order chi connectivity index (χ0) is 8.85. The summed E-state index contributed by atoms with van der Waals surface area (Å²) in [5, 5.41) is 6.87. The summed E-state index contributed by atoms with van der Waals surface area (Å²) in [5.74, 6) is -0.617. The van der Waals surface area contributed by atoms with E-state index in [9.17, 15) is 4.79 Å². The van der Waals surface area contributed by atoms with Crippen molar-refractivity contribution in [2.45, 2.75) is 19.4 Å². The summed E-state index contributed by atoms with van der Waals surface area (Å²) in [4.78, 5) is 10.7. The number of hydrogen-bond donors (Lipinski definition) is 3. The fourth-order valence-corrected chi connectivity index (χ4v) is 0.509. The van der Waals surface area contributed by atoms with Gasteiger partial charge in [-0.1, -0.05) is 0 Å². The molecule has 0 amide bonds. The van der Waals surface area contributed by atoms with Crippen LogP contribution in [0.25, 0.3) is 0 Å². The van der Waals surface area contributed by atoms with Crippen LogP contribution in [0.15, 0.2) is 0 Å². The van der Waals surface area contributed by atoms with E-state index in [1.807, 2.05) is 0 Å². The maximum Gasteiger partial charge on any atom is 0.307 e. The number of amidine groups is 1. The van der Waals surface area contributed by atoms with Crippen molar-refractivity contribution < 1.29 is 9.53 Å². The molecular formula is C6H13N3O2. The molecule has 64 valence electrons. The number of rotatable bonds is 4. The summed E-state index contributed by atoms with van der Waals surface area (Å²) in [6.45, 7) is 2.03. The normalized spacial score (nSPS) is 12.2. The molecule has 0 aromatic rings. The van der Waals surface area contributed by atoms with Crippen molar-refractivity contribution in [3.63, 3.8) is 0 Å². The van der Waals surface area contributed by atoms with Crippen LogP contribution in [0.4, 0.5) is 0 Å². The van der Waals surface area contributed by atoms with E-state index < -0.39 is 12.0 Å². The third-order valence-corrected chi connectivity index (χ3v) is 1.09. The summed E-state index contributed by atoms with van der Waals surface area (Å²) in [5.41, 5.74) is 10.3. The molecule has 0 aliphatic rings. The Bertz CT molecular complexity index is 158. The summed E-state index contributed by atoms with van der Waals surface area (Å²) < 4.78 is 4.59. The minimum Gasteiger partial charge on any atom is -0.466 e. The number of carbonyl (C=O) groups is 1. The Morgan fingerprint density at radius 1 is 1.73 bits per heavy atom. The van der Waals surface area contributed by atoms with Crippen LogP contribution in [-0.4, -0.2) is 24.5 Å². The maximum atomic E-state index is 10.7. The molecular weight excluding hydrogens is 146 g/mol. The highest BCUT2D eigenvalue weighted by Crippen LogP contribution is 1.90. The fourth-order valence-electron chi connectivity index (χ4n) is 0.509. The van der Waals surface area contributed by atoms with Gasteiger partial charge in [0, 0.05) is 0 Å². The Balaban J connectivity index is 3.66. The van der Waals surface area contributed by atoms with Crippen molar-refractivity contribution in [1.82, 2.24) is 0 Å². The van der Waals surface area contributed by atoms with E-state index >= 15 is 0 Å². The molecule has 11 heavy (non-hydrogen) atoms. The van der Waals surface area contributed by atoms with Crippen LogP contribution in [0.3, 0.4) is 0 Å². The average molecular weight is 159 g/mol. The topological polar surface area (TPSA) is 102 Å². The lowest BCUT2D eigenvalue weighted by atomic mass is 10.2. The molecule has 0 rings (SSSR count). The minimum atomic E-state index is -0.714. The number of ether oxygens (including phenoxy) is 1. The van der Waals surface area contributed by atoms with Crippen molar-refractivity contribution in [1.29, 1.82) is 5.41 Å². The molecule has 0 aromatic heterocycles. The van der Waals surface area contributed by atoms with Crippen LogP contribution >= 0.6 is 0 Å². The van der Waals surface area contributed by atoms with Gasteiger partial charge in [-0.3, -0.25) is 10.2 Å². The first-order valence-electron chi connectivity index (χ1n) is 3.33. The van der Waals surface area contributed by atoms with E-state index in [4.69, 9.17) is 16.9 Å². The average Bonchev–Trinajstić information content (AvgIpc) is 1.87. The number of nitrogens with two attached hydrogens (primary N) is 2. The molecule has 0 radical (unpaired) electrons. The molecule has 0 fully saturated rings. The molecule has 0 heterocycles. The molecule has 0 aromatic carbocycles. The van der Waals surface area contributed by atoms with Crippen molar-refractivity contribution in [2.24, 2.45) is 11.5 Å². The van der Waals surface area contributed by atoms with Crippen LogP contribution in [0.5, 0.6) is 0 Å². The minimum absolute atomic E-state index is 0.0246. The van der Waals surface area contributed by atoms with Crippen LogP contribution in [0.1, 0.15) is 13.3 Å². The van der Waals surface area contributed by atoms with Gasteiger partial charge in [-0.15, -0.1) is 0 Å². The highest BCUT2D eigenvalue weighted by atomic mass is 16.5. The standard InChI is InChI=1S/C6H13N3O2/c1-2-11-5(10)3-4(7)6(8)9/h4H,2-3,7H2,1H3,(H3,8,9). The quantitative estimate of drug-likeness (QED) is 0.284. The van der Waals surface area contributed by atoms with E-state index in [0.29, 0.717) is 6.61 Å². The zero-order valence-corrected chi connectivity index (χ0v) is 6.46. The zero-order valence-electron chi connectivity index (χ0n) is 6.46. The number of nitrogens with one attached hydrogen (secondary N) is 1. The molecule has 1 atom stereocenters. The molecule has 1 unspecified atom stereocenters. The SMILES string of the molecule is CCOC(=O)CC(N)C(=N)N. The van der Waals surface area contributed by atoms with Crippen molar-refractivity contribution in [3.05, 3.63) is 0 Å². The molecule has 0 aliphatic heterocycles. The third kappa shape index (κ3) is 4.32. The van der Waals surface area contributed by atoms with E-state index in [1.165, 1.54) is 0 Å². The first-order chi connectivity index (χ1) is 5.07. The van der Waals surface area contributed by atoms with Crippen LogP contribution in [-0.2, 0) is 9.53 Å². The third-order valence-electron chi connectivity index (χ3n) is 1.09. The van der Waals surface area contributed by atoms with Gasteiger partial charge in [-0.05, 0) is 6.92 Å². The highest BCUT2D eigenvalue weighted by Gasteiger charge is 2.11. The largest absolute Gasteiger partial charge is 0.466 e. The summed E-state index contributed by atoms with van der Waals surface area (Å²) in [7, 11) is 0. The Hall–Kier alpha value is -1.10. The lowest BCUT2D eigenvalue weighted by Crippen LogP contribution is -2.38. The number of carbonyl (C=O) groups excluding carboxylic acids is 1. The predicted molar refractivity (Wildman–Crippen MR) is 41.1 cm³/mol. The molecule has 0 spiro atoms. The van der Waals surface area contributed by atoms with E-state index in [2.05, 4.69) is 4.74 Å². The number of esters is 1. The second kappa shape index (κ2) is 4.68. The van der Waals surface area contributed by atoms with Gasteiger partial charge in [-0.25, -0.2) is 0 Å². The van der Waals surface area contributed by atoms with Gasteiger partial charge in [0.05, 0.1) is 19.1 Å². The Morgan fingerprint density at radius 2 is 2.27 bits per heavy atom. The van der Waals surface area contributed by atoms with Crippen LogP contribution in [0.2, 0.25) is 0 Å². The highest BCUT2D eigenvalue weighted by molar-refractivity contribution is 5.87. The summed E-state index contributed by atoms with van der Waals surface area (Å²) >= 11 is 0. The Kier molecular flexibility index (Phi) is 4.21. The van der Waals surface area contributed by atoms with Crippen molar-refractivity contribution >= 4 is 11.8 Å². The summed E-state index contributed by atoms with van der Waals surface area (Å²) in [6, 6.07) is -0.714. The monoisotopic (exact) mass is 159 g/mol. The molecule has 0 saturated carbocycles. The predicted octanol–water partition coefficient (Wildman–Crippen LogP) is -0.797. The van der Waals surface area contributed by atoms with Gasteiger partial charge < -0.3 is 16.2 Å². The molecule has 5 nitrogen and oxygen atoms in total. The number of hydrogen-bond acceptors (Lipinski definition) is 4.